The summed E-state index contributed by atoms with van der Waals surface area (Å²) in [6, 6.07) is 27.3. The largest absolute Gasteiger partial charge is 0.496 e. The number of amides is 1. The van der Waals surface area contributed by atoms with Crippen molar-refractivity contribution in [3.05, 3.63) is 132 Å². The van der Waals surface area contributed by atoms with Gasteiger partial charge in [0.25, 0.3) is 5.91 Å². The van der Waals surface area contributed by atoms with E-state index in [0.29, 0.717) is 64.2 Å². The van der Waals surface area contributed by atoms with Crippen LogP contribution in [-0.2, 0) is 0 Å². The van der Waals surface area contributed by atoms with Crippen molar-refractivity contribution in [2.75, 3.05) is 67.6 Å². The lowest BCUT2D eigenvalue weighted by Crippen LogP contribution is -2.47. The number of likely N-dealkylation sites (tertiary alicyclic amines) is 1. The van der Waals surface area contributed by atoms with Gasteiger partial charge in [0.2, 0.25) is 11.6 Å². The number of carbonyl (C=O) groups excluding carboxylic acids is 1. The number of hydrogen-bond acceptors (Lipinski definition) is 16. The van der Waals surface area contributed by atoms with Crippen LogP contribution in [0.1, 0.15) is 63.4 Å². The third kappa shape index (κ3) is 10.1. The lowest BCUT2D eigenvalue weighted by molar-refractivity contribution is 0.0650. The van der Waals surface area contributed by atoms with Gasteiger partial charge in [-0.1, -0.05) is 53.1 Å². The Morgan fingerprint density at radius 2 is 1.00 bits per heavy atom. The summed E-state index contributed by atoms with van der Waals surface area (Å²) in [4.78, 5) is 66.4. The second-order valence-corrected chi connectivity index (χ2v) is 21.1. The summed E-state index contributed by atoms with van der Waals surface area (Å²) in [5, 5.41) is 23.0. The molecule has 20 nitrogen and oxygen atoms in total. The molecule has 0 aliphatic carbocycles. The molecule has 4 aromatic carbocycles. The number of aromatic carboxylic acids is 1. The third-order valence-electron chi connectivity index (χ3n) is 15.7. The van der Waals surface area contributed by atoms with Crippen molar-refractivity contribution < 1.29 is 33.2 Å². The van der Waals surface area contributed by atoms with Crippen LogP contribution in [0.3, 0.4) is 0 Å². The van der Waals surface area contributed by atoms with Crippen LogP contribution in [-0.4, -0.2) is 149 Å². The Hall–Kier alpha value is -9.66. The minimum Gasteiger partial charge on any atom is -0.496 e. The van der Waals surface area contributed by atoms with Gasteiger partial charge in [-0.2, -0.15) is 0 Å². The number of carbonyl (C=O) groups is 2. The number of piperidine rings is 1. The van der Waals surface area contributed by atoms with Crippen LogP contribution in [0.25, 0.3) is 110 Å². The number of benzene rings is 4. The molecule has 3 N–H and O–H groups in total. The van der Waals surface area contributed by atoms with Gasteiger partial charge in [-0.15, -0.1) is 0 Å². The summed E-state index contributed by atoms with van der Waals surface area (Å²) < 4.78 is 22.5. The molecule has 0 bridgehead atoms. The molecule has 0 unspecified atom stereocenters. The summed E-state index contributed by atoms with van der Waals surface area (Å²) in [5.74, 6) is 1.18. The molecule has 2 aliphatic rings. The van der Waals surface area contributed by atoms with Crippen LogP contribution < -0.4 is 9.47 Å². The highest BCUT2D eigenvalue weighted by Crippen LogP contribution is 2.44. The molecule has 0 atom stereocenters. The maximum absolute atomic E-state index is 13.7. The van der Waals surface area contributed by atoms with Crippen LogP contribution in [0.4, 0.5) is 0 Å². The van der Waals surface area contributed by atoms with E-state index in [1.165, 1.54) is 32.4 Å². The number of para-hydroxylation sites is 2. The summed E-state index contributed by atoms with van der Waals surface area (Å²) >= 11 is 0. The number of carboxylic acid groups (broad SMARTS) is 1. The molecular formula is C63H61N13O7. The molecule has 420 valence electrons. The smallest absolute Gasteiger partial charge is 0.374 e. The van der Waals surface area contributed by atoms with Crippen molar-refractivity contribution in [2.45, 2.75) is 47.0 Å². The average Bonchev–Trinajstić information content (AvgIpc) is 2.50. The van der Waals surface area contributed by atoms with E-state index in [2.05, 4.69) is 64.1 Å². The number of methoxy groups -OCH3 is 2. The molecule has 20 heteroatoms. The molecule has 12 aromatic rings. The van der Waals surface area contributed by atoms with Crippen molar-refractivity contribution in [1.82, 2.24) is 64.9 Å². The number of fused-ring (bicyclic) bond motifs is 8. The zero-order chi connectivity index (χ0) is 57.6. The van der Waals surface area contributed by atoms with Crippen molar-refractivity contribution in [3.8, 4) is 56.3 Å². The van der Waals surface area contributed by atoms with Crippen LogP contribution >= 0.6 is 0 Å². The molecule has 2 aliphatic heterocycles. The number of piperazine rings is 1. The van der Waals surface area contributed by atoms with Crippen LogP contribution in [0.5, 0.6) is 11.5 Å². The summed E-state index contributed by atoms with van der Waals surface area (Å²) in [5.41, 5.74) is 12.0. The first-order valence-corrected chi connectivity index (χ1v) is 27.6. The number of pyridine rings is 2. The molecule has 8 aromatic heterocycles. The van der Waals surface area contributed by atoms with E-state index in [4.69, 9.17) is 28.5 Å². The molecule has 2 saturated heterocycles. The minimum atomic E-state index is -1.21. The topological polar surface area (TPSA) is 244 Å². The SMILES string of the molecule is CN1CCCCC1.COc1cc2c(cc1-c1c(C)noc1C)[nH]c1nc(C(=O)N3CCN(C)CC3)nc(-c3ccnc4ccccc34)c12.COc1cc2c(cc1-c1c(C)noc1C)[nH]c1nc(C(=O)O)nc(-c3ccnc4ccccc34)c12. The number of aromatic amines is 2. The molecule has 1 amide bonds. The molecule has 83 heavy (non-hydrogen) atoms. The molecule has 10 heterocycles. The first-order valence-electron chi connectivity index (χ1n) is 27.6. The van der Waals surface area contributed by atoms with Gasteiger partial charge in [0.05, 0.1) is 69.9 Å². The van der Waals surface area contributed by atoms with Crippen LogP contribution in [0.15, 0.2) is 106 Å². The van der Waals surface area contributed by atoms with Gasteiger partial charge in [-0.05, 0) is 116 Å². The number of rotatable bonds is 8. The van der Waals surface area contributed by atoms with Gasteiger partial charge in [-0.25, -0.2) is 24.7 Å². The Labute approximate surface area is 476 Å². The van der Waals surface area contributed by atoms with E-state index in [1.807, 2.05) is 118 Å². The predicted octanol–water partition coefficient (Wildman–Crippen LogP) is 11.4. The van der Waals surface area contributed by atoms with Crippen molar-refractivity contribution >= 4 is 77.6 Å². The number of H-pyrrole nitrogens is 2. The fourth-order valence-corrected chi connectivity index (χ4v) is 11.5. The van der Waals surface area contributed by atoms with Gasteiger partial charge < -0.3 is 48.3 Å². The highest BCUT2D eigenvalue weighted by atomic mass is 16.5. The zero-order valence-corrected chi connectivity index (χ0v) is 47.4. The number of aromatic nitrogens is 10. The maximum Gasteiger partial charge on any atom is 0.374 e. The van der Waals surface area contributed by atoms with Crippen LogP contribution in [0.2, 0.25) is 0 Å². The van der Waals surface area contributed by atoms with Gasteiger partial charge in [-0.3, -0.25) is 14.8 Å². The molecule has 14 rings (SSSR count). The fourth-order valence-electron chi connectivity index (χ4n) is 11.5. The zero-order valence-electron chi connectivity index (χ0n) is 47.4. The Morgan fingerprint density at radius 3 is 1.43 bits per heavy atom. The average molecular weight is 1110 g/mol. The molecule has 0 saturated carbocycles. The van der Waals surface area contributed by atoms with E-state index < -0.39 is 5.97 Å². The Balaban J connectivity index is 0.000000148. The van der Waals surface area contributed by atoms with Crippen LogP contribution in [0, 0.1) is 27.7 Å². The summed E-state index contributed by atoms with van der Waals surface area (Å²) in [6.07, 6.45) is 7.74. The lowest BCUT2D eigenvalue weighted by Gasteiger charge is -2.31. The number of nitrogens with one attached hydrogen (secondary N) is 2. The molecule has 0 spiro atoms. The quantitative estimate of drug-likeness (QED) is 0.128. The lowest BCUT2D eigenvalue weighted by atomic mass is 9.99. The van der Waals surface area contributed by atoms with Crippen molar-refractivity contribution in [2.24, 2.45) is 0 Å². The van der Waals surface area contributed by atoms with Gasteiger partial charge in [0, 0.05) is 93.4 Å². The van der Waals surface area contributed by atoms with Crippen molar-refractivity contribution in [3.63, 3.8) is 0 Å². The highest BCUT2D eigenvalue weighted by Gasteiger charge is 2.28. The Morgan fingerprint density at radius 1 is 0.542 bits per heavy atom. The second kappa shape index (κ2) is 22.4. The number of nitrogens with zero attached hydrogens (tertiary/aromatic N) is 11. The first-order chi connectivity index (χ1) is 40.3. The highest BCUT2D eigenvalue weighted by molar-refractivity contribution is 6.18. The number of aryl methyl sites for hydroxylation is 4. The van der Waals surface area contributed by atoms with E-state index in [0.717, 1.165) is 107 Å². The van der Waals surface area contributed by atoms with E-state index in [1.54, 1.807) is 26.6 Å². The summed E-state index contributed by atoms with van der Waals surface area (Å²) in [6.45, 7) is 13.1. The first kappa shape index (κ1) is 54.0. The minimum absolute atomic E-state index is 0.169. The second-order valence-electron chi connectivity index (χ2n) is 21.1. The number of carboxylic acids is 1. The van der Waals surface area contributed by atoms with Gasteiger partial charge in [0.1, 0.15) is 34.3 Å². The van der Waals surface area contributed by atoms with E-state index in [-0.39, 0.29) is 17.6 Å². The third-order valence-corrected chi connectivity index (χ3v) is 15.7. The number of likely N-dealkylation sites (N-methyl/N-ethyl adjacent to an activating group) is 1. The number of ether oxygens (including phenoxy) is 2. The molecule has 2 fully saturated rings. The molecule has 0 radical (unpaired) electrons. The van der Waals surface area contributed by atoms with E-state index in [9.17, 15) is 14.7 Å². The fraction of sp³-hybridized carbons (Fsp3) is 0.270. The summed E-state index contributed by atoms with van der Waals surface area (Å²) in [7, 11) is 7.51. The number of hydrogen-bond donors (Lipinski definition) is 3. The van der Waals surface area contributed by atoms with Crippen molar-refractivity contribution in [1.29, 1.82) is 0 Å². The predicted molar refractivity (Wildman–Crippen MR) is 319 cm³/mol. The monoisotopic (exact) mass is 1110 g/mol. The standard InChI is InChI=1S/C31H29N7O3.C26H19N5O4.C6H13N/c1-17-26(18(2)41-36-17)22-15-24-21(16-25(22)40-4)27-28(20-9-10-32-23-8-6-5-7-19(20)23)34-30(35-29(27)33-24)31(39)38-13-11-37(3)12-14-38;1-12-21(13(2)35-31-12)17-10-19-16(11-20(17)34-3)22-23(29-25(26(32)33)30-24(22)28-19)15-8-9-27-18-7-5-4-6-14(15)18;1-7-5-3-2-4-6-7/h5-10,15-16H,11-14H2,1-4H3,(H,33,34,35);4-11H,1-3H3,(H,32,33)(H,28,29,30);2-6H2,1H3. The maximum atomic E-state index is 13.7. The Kier molecular flexibility index (Phi) is 14.5. The molecular weight excluding hydrogens is 1050 g/mol. The van der Waals surface area contributed by atoms with E-state index >= 15 is 0 Å². The normalized spacial score (nSPS) is 14.1. The Bertz CT molecular complexity index is 4420. The van der Waals surface area contributed by atoms with Gasteiger partial charge in [0.15, 0.2) is 0 Å². The van der Waals surface area contributed by atoms with Gasteiger partial charge >= 0.3 is 5.97 Å².